The topological polar surface area (TPSA) is 24.1 Å². The number of hydrogen-bond donors (Lipinski definition) is 2. The smallest absolute Gasteiger partial charge is 0.0827 e. The van der Waals surface area contributed by atoms with E-state index in [1.165, 1.54) is 12.8 Å². The second kappa shape index (κ2) is 3.09. The van der Waals surface area contributed by atoms with E-state index in [0.717, 1.165) is 6.54 Å². The van der Waals surface area contributed by atoms with Crippen LogP contribution >= 0.6 is 0 Å². The molecule has 2 nitrogen and oxygen atoms in total. The van der Waals surface area contributed by atoms with Crippen molar-refractivity contribution in [1.82, 2.24) is 10.6 Å². The minimum absolute atomic E-state index is 0.471. The molecule has 2 heteroatoms. The average molecular weight is 150 g/mol. The molecule has 0 spiro atoms. The standard InChI is InChI=1S/C9H14N2/c1-2-6-10-9-8(4-1)5-3-7-11-9/h1-2,4,6,8-11H,3,5,7H2. The fraction of sp³-hybridized carbons (Fsp3) is 0.556. The molecular weight excluding hydrogens is 136 g/mol. The van der Waals surface area contributed by atoms with Gasteiger partial charge in [0.15, 0.2) is 0 Å². The van der Waals surface area contributed by atoms with Crippen LogP contribution in [0.2, 0.25) is 0 Å². The zero-order valence-electron chi connectivity index (χ0n) is 6.59. The third-order valence-electron chi connectivity index (χ3n) is 2.35. The van der Waals surface area contributed by atoms with Gasteiger partial charge < -0.3 is 5.32 Å². The SMILES string of the molecule is C1=CNC2NCCCC2C=C1. The Hall–Kier alpha value is -0.760. The van der Waals surface area contributed by atoms with Crippen molar-refractivity contribution in [3.05, 3.63) is 24.4 Å². The maximum absolute atomic E-state index is 3.45. The molecular formula is C9H14N2. The first kappa shape index (κ1) is 6.92. The van der Waals surface area contributed by atoms with Crippen LogP contribution in [-0.4, -0.2) is 12.7 Å². The first-order chi connectivity index (χ1) is 5.47. The van der Waals surface area contributed by atoms with Gasteiger partial charge in [-0.2, -0.15) is 0 Å². The minimum atomic E-state index is 0.471. The third kappa shape index (κ3) is 1.46. The number of fused-ring (bicyclic) bond motifs is 1. The van der Waals surface area contributed by atoms with Crippen molar-refractivity contribution in [3.63, 3.8) is 0 Å². The van der Waals surface area contributed by atoms with Crippen LogP contribution in [0.25, 0.3) is 0 Å². The fourth-order valence-electron chi connectivity index (χ4n) is 1.72. The van der Waals surface area contributed by atoms with Crippen molar-refractivity contribution < 1.29 is 0 Å². The zero-order chi connectivity index (χ0) is 7.52. The molecule has 1 fully saturated rings. The van der Waals surface area contributed by atoms with E-state index in [9.17, 15) is 0 Å². The molecule has 2 aliphatic heterocycles. The summed E-state index contributed by atoms with van der Waals surface area (Å²) in [4.78, 5) is 0. The lowest BCUT2D eigenvalue weighted by Crippen LogP contribution is -2.48. The Balaban J connectivity index is 2.07. The van der Waals surface area contributed by atoms with Crippen LogP contribution in [0, 0.1) is 5.92 Å². The lowest BCUT2D eigenvalue weighted by atomic mass is 9.96. The quantitative estimate of drug-likeness (QED) is 0.538. The van der Waals surface area contributed by atoms with E-state index in [4.69, 9.17) is 0 Å². The molecule has 0 aliphatic carbocycles. The molecule has 2 rings (SSSR count). The van der Waals surface area contributed by atoms with Gasteiger partial charge in [0.05, 0.1) is 6.17 Å². The van der Waals surface area contributed by atoms with Crippen molar-refractivity contribution in [2.45, 2.75) is 19.0 Å². The largest absolute Gasteiger partial charge is 0.375 e. The predicted molar refractivity (Wildman–Crippen MR) is 45.9 cm³/mol. The maximum atomic E-state index is 3.45. The van der Waals surface area contributed by atoms with Gasteiger partial charge in [0.1, 0.15) is 0 Å². The van der Waals surface area contributed by atoms with Crippen LogP contribution in [0.1, 0.15) is 12.8 Å². The highest BCUT2D eigenvalue weighted by Crippen LogP contribution is 2.17. The van der Waals surface area contributed by atoms with E-state index in [0.29, 0.717) is 12.1 Å². The molecule has 0 amide bonds. The molecule has 2 atom stereocenters. The van der Waals surface area contributed by atoms with Gasteiger partial charge in [0.25, 0.3) is 0 Å². The highest BCUT2D eigenvalue weighted by molar-refractivity contribution is 5.10. The monoisotopic (exact) mass is 150 g/mol. The van der Waals surface area contributed by atoms with Crippen LogP contribution in [0.5, 0.6) is 0 Å². The first-order valence-electron chi connectivity index (χ1n) is 4.29. The molecule has 2 heterocycles. The molecule has 60 valence electrons. The van der Waals surface area contributed by atoms with Crippen molar-refractivity contribution in [3.8, 4) is 0 Å². The number of rotatable bonds is 0. The second-order valence-corrected chi connectivity index (χ2v) is 3.15. The molecule has 1 saturated heterocycles. The van der Waals surface area contributed by atoms with Crippen molar-refractivity contribution in [2.75, 3.05) is 6.54 Å². The lowest BCUT2D eigenvalue weighted by molar-refractivity contribution is 0.305. The minimum Gasteiger partial charge on any atom is -0.375 e. The van der Waals surface area contributed by atoms with Gasteiger partial charge in [-0.05, 0) is 31.7 Å². The van der Waals surface area contributed by atoms with E-state index in [-0.39, 0.29) is 0 Å². The van der Waals surface area contributed by atoms with Crippen LogP contribution in [0.15, 0.2) is 24.4 Å². The Morgan fingerprint density at radius 1 is 1.27 bits per heavy atom. The predicted octanol–water partition coefficient (Wildman–Crippen LogP) is 0.985. The summed E-state index contributed by atoms with van der Waals surface area (Å²) in [5, 5.41) is 6.78. The van der Waals surface area contributed by atoms with Gasteiger partial charge in [-0.25, -0.2) is 0 Å². The molecule has 0 radical (unpaired) electrons. The Kier molecular flexibility index (Phi) is 1.95. The summed E-state index contributed by atoms with van der Waals surface area (Å²) >= 11 is 0. The van der Waals surface area contributed by atoms with Crippen LogP contribution in [-0.2, 0) is 0 Å². The highest BCUT2D eigenvalue weighted by atomic mass is 15.1. The molecule has 0 aromatic carbocycles. The molecule has 2 aliphatic rings. The molecule has 2 unspecified atom stereocenters. The Bertz CT molecular complexity index is 184. The van der Waals surface area contributed by atoms with Gasteiger partial charge in [0, 0.05) is 5.92 Å². The van der Waals surface area contributed by atoms with E-state index >= 15 is 0 Å². The summed E-state index contributed by atoms with van der Waals surface area (Å²) in [5.41, 5.74) is 0. The molecule has 0 saturated carbocycles. The molecule has 0 aromatic rings. The van der Waals surface area contributed by atoms with Gasteiger partial charge in [-0.15, -0.1) is 0 Å². The average Bonchev–Trinajstić information content (AvgIpc) is 2.28. The molecule has 0 bridgehead atoms. The van der Waals surface area contributed by atoms with Crippen molar-refractivity contribution in [1.29, 1.82) is 0 Å². The van der Waals surface area contributed by atoms with E-state index < -0.39 is 0 Å². The number of nitrogens with one attached hydrogen (secondary N) is 2. The Morgan fingerprint density at radius 2 is 2.27 bits per heavy atom. The van der Waals surface area contributed by atoms with E-state index in [1.807, 2.05) is 6.20 Å². The third-order valence-corrected chi connectivity index (χ3v) is 2.35. The fourth-order valence-corrected chi connectivity index (χ4v) is 1.72. The Labute approximate surface area is 67.4 Å². The van der Waals surface area contributed by atoms with Crippen molar-refractivity contribution >= 4 is 0 Å². The zero-order valence-corrected chi connectivity index (χ0v) is 6.59. The number of piperidine rings is 1. The second-order valence-electron chi connectivity index (χ2n) is 3.15. The van der Waals surface area contributed by atoms with Gasteiger partial charge in [-0.3, -0.25) is 5.32 Å². The van der Waals surface area contributed by atoms with Gasteiger partial charge in [0.2, 0.25) is 0 Å². The molecule has 11 heavy (non-hydrogen) atoms. The van der Waals surface area contributed by atoms with Crippen LogP contribution in [0.3, 0.4) is 0 Å². The van der Waals surface area contributed by atoms with Crippen LogP contribution < -0.4 is 10.6 Å². The van der Waals surface area contributed by atoms with Crippen molar-refractivity contribution in [2.24, 2.45) is 5.92 Å². The maximum Gasteiger partial charge on any atom is 0.0827 e. The summed E-state index contributed by atoms with van der Waals surface area (Å²) < 4.78 is 0. The lowest BCUT2D eigenvalue weighted by Gasteiger charge is -2.30. The van der Waals surface area contributed by atoms with E-state index in [2.05, 4.69) is 28.9 Å². The number of hydrogen-bond acceptors (Lipinski definition) is 2. The van der Waals surface area contributed by atoms with Gasteiger partial charge >= 0.3 is 0 Å². The summed E-state index contributed by atoms with van der Waals surface area (Å²) in [7, 11) is 0. The Morgan fingerprint density at radius 3 is 3.27 bits per heavy atom. The summed E-state index contributed by atoms with van der Waals surface area (Å²) in [5.74, 6) is 0.679. The summed E-state index contributed by atoms with van der Waals surface area (Å²) in [6.45, 7) is 1.15. The summed E-state index contributed by atoms with van der Waals surface area (Å²) in [6.07, 6.45) is 11.6. The highest BCUT2D eigenvalue weighted by Gasteiger charge is 2.21. The van der Waals surface area contributed by atoms with E-state index in [1.54, 1.807) is 0 Å². The summed E-state index contributed by atoms with van der Waals surface area (Å²) in [6, 6.07) is 0. The molecule has 2 N–H and O–H groups in total. The first-order valence-corrected chi connectivity index (χ1v) is 4.29. The van der Waals surface area contributed by atoms with Gasteiger partial charge in [-0.1, -0.05) is 12.2 Å². The molecule has 0 aromatic heterocycles. The number of allylic oxidation sites excluding steroid dienone is 2. The van der Waals surface area contributed by atoms with Crippen LogP contribution in [0.4, 0.5) is 0 Å². The normalized spacial score (nSPS) is 35.6.